The van der Waals surface area contributed by atoms with Gasteiger partial charge in [0.1, 0.15) is 5.82 Å². The van der Waals surface area contributed by atoms with Crippen molar-refractivity contribution in [1.29, 1.82) is 0 Å². The molecule has 5 nitrogen and oxygen atoms in total. The highest BCUT2D eigenvalue weighted by atomic mass is 32.2. The first-order valence-corrected chi connectivity index (χ1v) is 8.85. The molecule has 0 bridgehead atoms. The van der Waals surface area contributed by atoms with E-state index in [-0.39, 0.29) is 17.5 Å². The van der Waals surface area contributed by atoms with Crippen LogP contribution in [0.4, 0.5) is 4.39 Å². The molecule has 124 valence electrons. The third kappa shape index (κ3) is 4.04. The summed E-state index contributed by atoms with van der Waals surface area (Å²) in [6.07, 6.45) is -0.656. The number of benzene rings is 1. The molecular weight excluding hydrogens is 307 g/mol. The van der Waals surface area contributed by atoms with E-state index in [1.54, 1.807) is 19.1 Å². The first-order chi connectivity index (χ1) is 10.2. The molecule has 0 radical (unpaired) electrons. The van der Waals surface area contributed by atoms with Crippen molar-refractivity contribution in [2.75, 3.05) is 32.9 Å². The Balaban J connectivity index is 2.00. The van der Waals surface area contributed by atoms with Crippen LogP contribution in [0, 0.1) is 18.7 Å². The van der Waals surface area contributed by atoms with Crippen molar-refractivity contribution >= 4 is 10.0 Å². The number of aryl methyl sites for hydroxylation is 1. The highest BCUT2D eigenvalue weighted by Crippen LogP contribution is 2.22. The Morgan fingerprint density at radius 3 is 2.64 bits per heavy atom. The molecule has 0 saturated carbocycles. The lowest BCUT2D eigenvalue weighted by Gasteiger charge is -2.18. The molecule has 1 heterocycles. The number of halogens is 1. The molecule has 1 aliphatic rings. The summed E-state index contributed by atoms with van der Waals surface area (Å²) in [5, 5.41) is 10.1. The fourth-order valence-electron chi connectivity index (χ4n) is 2.72. The van der Waals surface area contributed by atoms with Crippen LogP contribution in [0.3, 0.4) is 0 Å². The zero-order valence-corrected chi connectivity index (χ0v) is 14.0. The van der Waals surface area contributed by atoms with Crippen LogP contribution in [0.5, 0.6) is 0 Å². The number of rotatable bonds is 5. The number of hydrogen-bond acceptors (Lipinski definition) is 4. The molecule has 1 aliphatic heterocycles. The molecule has 0 aliphatic carbocycles. The minimum Gasteiger partial charge on any atom is -0.391 e. The zero-order valence-electron chi connectivity index (χ0n) is 13.2. The molecule has 1 aromatic carbocycles. The minimum atomic E-state index is -3.33. The number of hydrogen-bond donors (Lipinski definition) is 1. The van der Waals surface area contributed by atoms with Gasteiger partial charge in [-0.15, -0.1) is 0 Å². The third-order valence-electron chi connectivity index (χ3n) is 4.09. The molecule has 2 rings (SSSR count). The summed E-state index contributed by atoms with van der Waals surface area (Å²) < 4.78 is 38.3. The van der Waals surface area contributed by atoms with E-state index in [0.29, 0.717) is 25.2 Å². The predicted molar refractivity (Wildman–Crippen MR) is 83.4 cm³/mol. The van der Waals surface area contributed by atoms with Gasteiger partial charge in [0.15, 0.2) is 0 Å². The van der Waals surface area contributed by atoms with Gasteiger partial charge in [0.05, 0.1) is 11.9 Å². The number of sulfonamides is 1. The maximum Gasteiger partial charge on any atom is 0.214 e. The number of likely N-dealkylation sites (tertiary alicyclic amines) is 1. The fourth-order valence-corrected chi connectivity index (χ4v) is 3.88. The maximum atomic E-state index is 13.3. The molecule has 2 atom stereocenters. The molecule has 0 amide bonds. The van der Waals surface area contributed by atoms with Crippen LogP contribution >= 0.6 is 0 Å². The summed E-state index contributed by atoms with van der Waals surface area (Å²) in [6.45, 7) is 3.25. The van der Waals surface area contributed by atoms with Crippen molar-refractivity contribution < 1.29 is 17.9 Å². The standard InChI is InChI=1S/C15H23FN2O3S/c1-11-6-12(4-5-14(11)16)7-18-8-13(15(19)9-18)10-22(20,21)17(2)3/h4-6,13,15,19H,7-10H2,1-3H3/t13-,15-/m0/s1. The van der Waals surface area contributed by atoms with Gasteiger partial charge in [-0.05, 0) is 24.1 Å². The van der Waals surface area contributed by atoms with Gasteiger partial charge in [0.25, 0.3) is 0 Å². The van der Waals surface area contributed by atoms with Crippen molar-refractivity contribution in [3.05, 3.63) is 35.1 Å². The van der Waals surface area contributed by atoms with Gasteiger partial charge in [0, 0.05) is 39.6 Å². The van der Waals surface area contributed by atoms with Crippen molar-refractivity contribution in [1.82, 2.24) is 9.21 Å². The normalized spacial score (nSPS) is 23.4. The molecule has 7 heteroatoms. The van der Waals surface area contributed by atoms with E-state index in [1.807, 2.05) is 4.90 Å². The van der Waals surface area contributed by atoms with Crippen LogP contribution in [0.1, 0.15) is 11.1 Å². The lowest BCUT2D eigenvalue weighted by Crippen LogP contribution is -2.33. The average Bonchev–Trinajstić information content (AvgIpc) is 2.73. The SMILES string of the molecule is Cc1cc(CN2C[C@@H](CS(=O)(=O)N(C)C)[C@@H](O)C2)ccc1F. The Morgan fingerprint density at radius 1 is 1.36 bits per heavy atom. The van der Waals surface area contributed by atoms with Crippen molar-refractivity contribution in [2.45, 2.75) is 19.6 Å². The first kappa shape index (κ1) is 17.3. The Kier molecular flexibility index (Phi) is 5.21. The van der Waals surface area contributed by atoms with E-state index in [1.165, 1.54) is 24.5 Å². The molecular formula is C15H23FN2O3S. The summed E-state index contributed by atoms with van der Waals surface area (Å²) in [5.74, 6) is -0.589. The summed E-state index contributed by atoms with van der Waals surface area (Å²) in [5.41, 5.74) is 1.55. The maximum absolute atomic E-state index is 13.3. The van der Waals surface area contributed by atoms with Crippen LogP contribution in [0.15, 0.2) is 18.2 Å². The number of β-amino-alcohol motifs (C(OH)–C–C–N with tert-alkyl or cyclic N) is 1. The second-order valence-electron chi connectivity index (χ2n) is 6.17. The van der Waals surface area contributed by atoms with E-state index < -0.39 is 16.1 Å². The van der Waals surface area contributed by atoms with Crippen LogP contribution in [-0.2, 0) is 16.6 Å². The van der Waals surface area contributed by atoms with E-state index in [0.717, 1.165) is 5.56 Å². The first-order valence-electron chi connectivity index (χ1n) is 7.24. The molecule has 1 fully saturated rings. The lowest BCUT2D eigenvalue weighted by atomic mass is 10.1. The zero-order chi connectivity index (χ0) is 16.5. The van der Waals surface area contributed by atoms with Gasteiger partial charge in [0.2, 0.25) is 10.0 Å². The summed E-state index contributed by atoms with van der Waals surface area (Å²) in [7, 11) is -0.335. The monoisotopic (exact) mass is 330 g/mol. The molecule has 1 N–H and O–H groups in total. The summed E-state index contributed by atoms with van der Waals surface area (Å²) in [4.78, 5) is 2.01. The van der Waals surface area contributed by atoms with Gasteiger partial charge in [-0.2, -0.15) is 0 Å². The van der Waals surface area contributed by atoms with E-state index in [2.05, 4.69) is 0 Å². The molecule has 1 saturated heterocycles. The summed E-state index contributed by atoms with van der Waals surface area (Å²) >= 11 is 0. The highest BCUT2D eigenvalue weighted by molar-refractivity contribution is 7.89. The van der Waals surface area contributed by atoms with Gasteiger partial charge >= 0.3 is 0 Å². The minimum absolute atomic E-state index is 0.0554. The Morgan fingerprint density at radius 2 is 2.05 bits per heavy atom. The molecule has 22 heavy (non-hydrogen) atoms. The van der Waals surface area contributed by atoms with Crippen LogP contribution in [-0.4, -0.2) is 61.8 Å². The summed E-state index contributed by atoms with van der Waals surface area (Å²) in [6, 6.07) is 4.94. The third-order valence-corrected chi connectivity index (χ3v) is 6.05. The quantitative estimate of drug-likeness (QED) is 0.868. The van der Waals surface area contributed by atoms with E-state index in [4.69, 9.17) is 0 Å². The van der Waals surface area contributed by atoms with Crippen molar-refractivity contribution in [2.24, 2.45) is 5.92 Å². The van der Waals surface area contributed by atoms with Crippen LogP contribution in [0.25, 0.3) is 0 Å². The van der Waals surface area contributed by atoms with Crippen molar-refractivity contribution in [3.63, 3.8) is 0 Å². The van der Waals surface area contributed by atoms with E-state index in [9.17, 15) is 17.9 Å². The fraction of sp³-hybridized carbons (Fsp3) is 0.600. The van der Waals surface area contributed by atoms with Crippen LogP contribution < -0.4 is 0 Å². The predicted octanol–water partition coefficient (Wildman–Crippen LogP) is 0.818. The Hall–Kier alpha value is -1.02. The molecule has 1 aromatic rings. The topological polar surface area (TPSA) is 60.9 Å². The smallest absolute Gasteiger partial charge is 0.214 e. The lowest BCUT2D eigenvalue weighted by molar-refractivity contribution is 0.148. The van der Waals surface area contributed by atoms with Crippen LogP contribution in [0.2, 0.25) is 0 Å². The van der Waals surface area contributed by atoms with Gasteiger partial charge in [-0.1, -0.05) is 12.1 Å². The molecule has 0 unspecified atom stereocenters. The van der Waals surface area contributed by atoms with Gasteiger partial charge in [-0.3, -0.25) is 4.90 Å². The average molecular weight is 330 g/mol. The van der Waals surface area contributed by atoms with Gasteiger partial charge < -0.3 is 5.11 Å². The number of aliphatic hydroxyl groups is 1. The van der Waals surface area contributed by atoms with Gasteiger partial charge in [-0.25, -0.2) is 17.1 Å². The second kappa shape index (κ2) is 6.62. The second-order valence-corrected chi connectivity index (χ2v) is 8.39. The number of aliphatic hydroxyl groups excluding tert-OH is 1. The van der Waals surface area contributed by atoms with Crippen molar-refractivity contribution in [3.8, 4) is 0 Å². The highest BCUT2D eigenvalue weighted by Gasteiger charge is 2.35. The van der Waals surface area contributed by atoms with E-state index >= 15 is 0 Å². The largest absolute Gasteiger partial charge is 0.391 e. The molecule has 0 aromatic heterocycles. The Labute approximate surface area is 131 Å². The Bertz CT molecular complexity index is 634. The number of nitrogens with zero attached hydrogens (tertiary/aromatic N) is 2. The molecule has 0 spiro atoms.